The fourth-order valence-electron chi connectivity index (χ4n) is 4.19. The maximum atomic E-state index is 13.1. The van der Waals surface area contributed by atoms with Gasteiger partial charge >= 0.3 is 5.97 Å². The molecule has 0 radical (unpaired) electrons. The molecule has 2 aliphatic rings. The lowest BCUT2D eigenvalue weighted by atomic mass is 9.98. The van der Waals surface area contributed by atoms with Gasteiger partial charge < -0.3 is 10.1 Å². The molecule has 0 bridgehead atoms. The average molecular weight is 492 g/mol. The molecule has 10 heteroatoms. The van der Waals surface area contributed by atoms with E-state index in [1.807, 2.05) is 6.07 Å². The molecule has 1 saturated heterocycles. The summed E-state index contributed by atoms with van der Waals surface area (Å²) in [7, 11) is -3.61. The van der Waals surface area contributed by atoms with Crippen LogP contribution in [0.25, 0.3) is 0 Å². The van der Waals surface area contributed by atoms with Crippen molar-refractivity contribution in [2.75, 3.05) is 18.4 Å². The molecule has 1 amide bonds. The number of rotatable bonds is 6. The number of anilines is 1. The van der Waals surface area contributed by atoms with Gasteiger partial charge in [-0.15, -0.1) is 0 Å². The molecule has 1 aliphatic heterocycles. The van der Waals surface area contributed by atoms with Crippen molar-refractivity contribution in [3.63, 3.8) is 0 Å². The van der Waals surface area contributed by atoms with Crippen molar-refractivity contribution in [2.24, 2.45) is 5.92 Å². The zero-order chi connectivity index (χ0) is 23.6. The third kappa shape index (κ3) is 5.37. The van der Waals surface area contributed by atoms with Crippen molar-refractivity contribution in [3.8, 4) is 0 Å². The van der Waals surface area contributed by atoms with Gasteiger partial charge in [0.25, 0.3) is 5.91 Å². The maximum Gasteiger partial charge on any atom is 0.309 e. The molecule has 1 aromatic carbocycles. The Morgan fingerprint density at radius 1 is 1.15 bits per heavy atom. The molecule has 1 unspecified atom stereocenters. The fraction of sp³-hybridized carbons (Fsp3) is 0.435. The number of aryl methyl sites for hydroxylation is 2. The predicted octanol–water partition coefficient (Wildman–Crippen LogP) is 3.19. The molecule has 1 N–H and O–H groups in total. The zero-order valence-corrected chi connectivity index (χ0v) is 19.9. The van der Waals surface area contributed by atoms with Gasteiger partial charge in [-0.25, -0.2) is 13.4 Å². The largest absolute Gasteiger partial charge is 0.452 e. The van der Waals surface area contributed by atoms with Gasteiger partial charge in [-0.05, 0) is 74.4 Å². The third-order valence-electron chi connectivity index (χ3n) is 6.14. The summed E-state index contributed by atoms with van der Waals surface area (Å²) in [6, 6.07) is 8.51. The number of carbonyl (C=O) groups excluding carboxylic acids is 2. The van der Waals surface area contributed by atoms with E-state index in [2.05, 4.69) is 10.3 Å². The predicted molar refractivity (Wildman–Crippen MR) is 123 cm³/mol. The van der Waals surface area contributed by atoms with Crippen LogP contribution in [0.2, 0.25) is 5.02 Å². The number of hydrogen-bond acceptors (Lipinski definition) is 6. The van der Waals surface area contributed by atoms with Gasteiger partial charge in [0, 0.05) is 19.3 Å². The van der Waals surface area contributed by atoms with Crippen molar-refractivity contribution < 1.29 is 22.7 Å². The van der Waals surface area contributed by atoms with Crippen LogP contribution in [0.3, 0.4) is 0 Å². The normalized spacial score (nSPS) is 17.9. The van der Waals surface area contributed by atoms with Gasteiger partial charge in [-0.3, -0.25) is 9.59 Å². The molecule has 1 fully saturated rings. The topological polar surface area (TPSA) is 106 Å². The molecule has 2 aromatic rings. The number of ether oxygens (including phenoxy) is 1. The lowest BCUT2D eigenvalue weighted by Crippen LogP contribution is -2.41. The van der Waals surface area contributed by atoms with E-state index in [4.69, 9.17) is 16.3 Å². The highest BCUT2D eigenvalue weighted by Gasteiger charge is 2.34. The molecule has 2 heterocycles. The van der Waals surface area contributed by atoms with Gasteiger partial charge in [0.05, 0.1) is 15.8 Å². The minimum atomic E-state index is -3.61. The summed E-state index contributed by atoms with van der Waals surface area (Å²) in [5.41, 5.74) is 2.33. The van der Waals surface area contributed by atoms with Gasteiger partial charge in [0.15, 0.2) is 6.10 Å². The summed E-state index contributed by atoms with van der Waals surface area (Å²) in [6.07, 6.45) is 4.04. The second kappa shape index (κ2) is 9.79. The number of amides is 1. The van der Waals surface area contributed by atoms with E-state index in [0.717, 1.165) is 24.8 Å². The Kier molecular flexibility index (Phi) is 7.02. The molecule has 1 aliphatic carbocycles. The van der Waals surface area contributed by atoms with E-state index in [9.17, 15) is 18.0 Å². The van der Waals surface area contributed by atoms with Gasteiger partial charge in [0.1, 0.15) is 5.82 Å². The van der Waals surface area contributed by atoms with Crippen LogP contribution in [-0.4, -0.2) is 48.8 Å². The molecular formula is C23H26ClN3O5S. The summed E-state index contributed by atoms with van der Waals surface area (Å²) in [4.78, 5) is 29.1. The summed E-state index contributed by atoms with van der Waals surface area (Å²) in [6.45, 7) is 1.94. The molecule has 0 spiro atoms. The second-order valence-electron chi connectivity index (χ2n) is 8.39. The highest BCUT2D eigenvalue weighted by atomic mass is 35.5. The Hall–Kier alpha value is -2.49. The summed E-state index contributed by atoms with van der Waals surface area (Å²) >= 11 is 5.78. The van der Waals surface area contributed by atoms with Crippen LogP contribution in [0.15, 0.2) is 41.4 Å². The van der Waals surface area contributed by atoms with Crippen LogP contribution in [0.4, 0.5) is 5.82 Å². The first-order valence-corrected chi connectivity index (χ1v) is 12.8. The molecular weight excluding hydrogens is 466 g/mol. The number of halogens is 1. The number of nitrogens with zero attached hydrogens (tertiary/aromatic N) is 2. The van der Waals surface area contributed by atoms with Crippen LogP contribution in [-0.2, 0) is 37.2 Å². The summed E-state index contributed by atoms with van der Waals surface area (Å²) in [5.74, 6) is -1.16. The number of carbonyl (C=O) groups is 2. The molecule has 176 valence electrons. The van der Waals surface area contributed by atoms with E-state index in [1.165, 1.54) is 23.0 Å². The lowest BCUT2D eigenvalue weighted by molar-refractivity contribution is -0.158. The fourth-order valence-corrected chi connectivity index (χ4v) is 5.82. The Bertz CT molecular complexity index is 1150. The number of benzene rings is 1. The number of fused-ring (bicyclic) bond motifs is 1. The molecule has 8 nitrogen and oxygen atoms in total. The quantitative estimate of drug-likeness (QED) is 0.622. The average Bonchev–Trinajstić information content (AvgIpc) is 3.28. The SMILES string of the molecule is CC(OC(=O)C1CCN(S(=O)(=O)c2ccc3c(c2)CCC3)CC1)C(=O)Nc1ccc(Cl)cn1. The van der Waals surface area contributed by atoms with Crippen LogP contribution in [0, 0.1) is 5.92 Å². The number of pyridine rings is 1. The second-order valence-corrected chi connectivity index (χ2v) is 10.8. The Balaban J connectivity index is 1.30. The van der Waals surface area contributed by atoms with Crippen molar-refractivity contribution >= 4 is 39.3 Å². The van der Waals surface area contributed by atoms with Crippen LogP contribution in [0.5, 0.6) is 0 Å². The van der Waals surface area contributed by atoms with E-state index < -0.39 is 33.9 Å². The monoisotopic (exact) mass is 491 g/mol. The van der Waals surface area contributed by atoms with Gasteiger partial charge in [0.2, 0.25) is 10.0 Å². The highest BCUT2D eigenvalue weighted by molar-refractivity contribution is 7.89. The standard InChI is InChI=1S/C23H26ClN3O5S/c1-15(22(28)26-21-8-6-19(24)14-25-21)32-23(29)17-9-11-27(12-10-17)33(30,31)20-7-5-16-3-2-4-18(16)13-20/h5-8,13-15,17H,2-4,9-12H2,1H3,(H,25,26,28). The van der Waals surface area contributed by atoms with E-state index in [1.54, 1.807) is 24.3 Å². The molecule has 1 aromatic heterocycles. The van der Waals surface area contributed by atoms with Crippen molar-refractivity contribution in [3.05, 3.63) is 52.7 Å². The van der Waals surface area contributed by atoms with Crippen molar-refractivity contribution in [1.29, 1.82) is 0 Å². The Labute approximate surface area is 198 Å². The summed E-state index contributed by atoms with van der Waals surface area (Å²) < 4.78 is 32.9. The number of aromatic nitrogens is 1. The number of nitrogens with one attached hydrogen (secondary N) is 1. The van der Waals surface area contributed by atoms with Gasteiger partial charge in [-0.2, -0.15) is 4.31 Å². The van der Waals surface area contributed by atoms with Crippen molar-refractivity contribution in [1.82, 2.24) is 9.29 Å². The molecule has 0 saturated carbocycles. The minimum Gasteiger partial charge on any atom is -0.452 e. The first kappa shape index (κ1) is 23.7. The van der Waals surface area contributed by atoms with Crippen LogP contribution >= 0.6 is 11.6 Å². The molecule has 1 atom stereocenters. The Morgan fingerprint density at radius 2 is 1.88 bits per heavy atom. The van der Waals surface area contributed by atoms with Gasteiger partial charge in [-0.1, -0.05) is 17.7 Å². The van der Waals surface area contributed by atoms with E-state index in [0.29, 0.717) is 28.6 Å². The number of sulfonamides is 1. The third-order valence-corrected chi connectivity index (χ3v) is 8.25. The van der Waals surface area contributed by atoms with E-state index >= 15 is 0 Å². The molecule has 4 rings (SSSR count). The highest BCUT2D eigenvalue weighted by Crippen LogP contribution is 2.29. The van der Waals surface area contributed by atoms with Crippen LogP contribution < -0.4 is 5.32 Å². The Morgan fingerprint density at radius 3 is 2.58 bits per heavy atom. The van der Waals surface area contributed by atoms with Crippen molar-refractivity contribution in [2.45, 2.75) is 50.0 Å². The van der Waals surface area contributed by atoms with Crippen LogP contribution in [0.1, 0.15) is 37.3 Å². The first-order chi connectivity index (χ1) is 15.7. The zero-order valence-electron chi connectivity index (χ0n) is 18.3. The lowest BCUT2D eigenvalue weighted by Gasteiger charge is -2.30. The minimum absolute atomic E-state index is 0.231. The molecule has 33 heavy (non-hydrogen) atoms. The number of hydrogen-bond donors (Lipinski definition) is 1. The number of esters is 1. The number of piperidine rings is 1. The maximum absolute atomic E-state index is 13.1. The van der Waals surface area contributed by atoms with E-state index in [-0.39, 0.29) is 13.1 Å². The smallest absolute Gasteiger partial charge is 0.309 e. The first-order valence-electron chi connectivity index (χ1n) is 11.0. The summed E-state index contributed by atoms with van der Waals surface area (Å²) in [5, 5.41) is 3.01.